The average molecular weight is 476 g/mol. The van der Waals surface area contributed by atoms with Gasteiger partial charge in [-0.2, -0.15) is 0 Å². The number of hydrogen-bond donors (Lipinski definition) is 1. The quantitative estimate of drug-likeness (QED) is 0.522. The molecule has 5 rings (SSSR count). The van der Waals surface area contributed by atoms with Gasteiger partial charge < -0.3 is 19.5 Å². The predicted molar refractivity (Wildman–Crippen MR) is 136 cm³/mol. The smallest absolute Gasteiger partial charge is 0.307 e. The number of allylic oxidation sites excluding steroid dienone is 3. The van der Waals surface area contributed by atoms with E-state index in [1.54, 1.807) is 0 Å². The molecule has 1 aromatic rings. The van der Waals surface area contributed by atoms with Crippen LogP contribution < -0.4 is 0 Å². The van der Waals surface area contributed by atoms with E-state index in [0.717, 1.165) is 43.6 Å². The molecule has 5 heteroatoms. The third-order valence-corrected chi connectivity index (χ3v) is 7.66. The molecule has 2 heterocycles. The molecule has 0 spiro atoms. The molecule has 35 heavy (non-hydrogen) atoms. The second-order valence-electron chi connectivity index (χ2n) is 10.3. The monoisotopic (exact) mass is 475 g/mol. The number of fused-ring (bicyclic) bond motifs is 5. The van der Waals surface area contributed by atoms with Gasteiger partial charge in [-0.05, 0) is 74.3 Å². The predicted octanol–water partition coefficient (Wildman–Crippen LogP) is 5.58. The van der Waals surface area contributed by atoms with Gasteiger partial charge in [0.15, 0.2) is 0 Å². The maximum absolute atomic E-state index is 11.9. The number of aliphatic hydroxyl groups is 1. The fraction of sp³-hybridized carbons (Fsp3) is 0.500. The van der Waals surface area contributed by atoms with Gasteiger partial charge in [0.25, 0.3) is 0 Å². The summed E-state index contributed by atoms with van der Waals surface area (Å²) in [7, 11) is 0. The van der Waals surface area contributed by atoms with E-state index in [-0.39, 0.29) is 24.0 Å². The third kappa shape index (κ3) is 5.25. The molecule has 1 saturated carbocycles. The van der Waals surface area contributed by atoms with Crippen LogP contribution in [0.25, 0.3) is 0 Å². The van der Waals surface area contributed by atoms with E-state index < -0.39 is 6.10 Å². The van der Waals surface area contributed by atoms with Crippen LogP contribution in [0.15, 0.2) is 76.9 Å². The van der Waals surface area contributed by atoms with Crippen molar-refractivity contribution >= 4 is 5.97 Å². The molecular weight excluding hydrogens is 438 g/mol. The molecule has 4 aliphatic rings. The van der Waals surface area contributed by atoms with E-state index in [1.165, 1.54) is 36.5 Å². The van der Waals surface area contributed by atoms with E-state index in [2.05, 4.69) is 60.4 Å². The lowest BCUT2D eigenvalue weighted by molar-refractivity contribution is -0.138. The molecule has 0 radical (unpaired) electrons. The first kappa shape index (κ1) is 23.9. The molecule has 0 bridgehead atoms. The van der Waals surface area contributed by atoms with Gasteiger partial charge >= 0.3 is 5.97 Å². The number of aliphatic hydroxyl groups excluding tert-OH is 1. The van der Waals surface area contributed by atoms with Gasteiger partial charge in [-0.3, -0.25) is 4.79 Å². The zero-order valence-corrected chi connectivity index (χ0v) is 20.9. The molecular formula is C30H37NO4. The van der Waals surface area contributed by atoms with Crippen molar-refractivity contribution in [1.82, 2.24) is 4.90 Å². The highest BCUT2D eigenvalue weighted by molar-refractivity contribution is 5.67. The van der Waals surface area contributed by atoms with Crippen molar-refractivity contribution in [3.63, 3.8) is 0 Å². The van der Waals surface area contributed by atoms with Gasteiger partial charge in [0, 0.05) is 25.8 Å². The molecule has 1 aromatic carbocycles. The van der Waals surface area contributed by atoms with Crippen molar-refractivity contribution < 1.29 is 19.4 Å². The van der Waals surface area contributed by atoms with Crippen LogP contribution in [-0.2, 0) is 20.7 Å². The number of nitrogens with zero attached hydrogens (tertiary/aromatic N) is 1. The maximum Gasteiger partial charge on any atom is 0.307 e. The molecule has 2 aliphatic carbocycles. The van der Waals surface area contributed by atoms with Crippen LogP contribution in [0, 0.1) is 5.92 Å². The fourth-order valence-corrected chi connectivity index (χ4v) is 6.18. The van der Waals surface area contributed by atoms with Crippen molar-refractivity contribution in [3.8, 4) is 0 Å². The number of esters is 1. The number of rotatable bonds is 7. The van der Waals surface area contributed by atoms with Gasteiger partial charge in [0.1, 0.15) is 11.5 Å². The lowest BCUT2D eigenvalue weighted by Crippen LogP contribution is -2.50. The van der Waals surface area contributed by atoms with Crippen LogP contribution in [0.5, 0.6) is 0 Å². The van der Waals surface area contributed by atoms with Crippen LogP contribution in [0.4, 0.5) is 0 Å². The van der Waals surface area contributed by atoms with Gasteiger partial charge in [-0.15, -0.1) is 0 Å². The molecule has 186 valence electrons. The normalized spacial score (nSPS) is 26.4. The summed E-state index contributed by atoms with van der Waals surface area (Å²) >= 11 is 0. The molecule has 0 aromatic heterocycles. The van der Waals surface area contributed by atoms with E-state index >= 15 is 0 Å². The lowest BCUT2D eigenvalue weighted by Gasteiger charge is -2.50. The summed E-state index contributed by atoms with van der Waals surface area (Å²) in [6.45, 7) is 4.16. The van der Waals surface area contributed by atoms with Gasteiger partial charge in [0.2, 0.25) is 0 Å². The van der Waals surface area contributed by atoms with Crippen LogP contribution in [0.2, 0.25) is 0 Å². The third-order valence-electron chi connectivity index (χ3n) is 7.66. The second kappa shape index (κ2) is 10.4. The van der Waals surface area contributed by atoms with Crippen LogP contribution in [0.1, 0.15) is 64.4 Å². The van der Waals surface area contributed by atoms with Crippen molar-refractivity contribution in [3.05, 3.63) is 82.5 Å². The lowest BCUT2D eigenvalue weighted by atomic mass is 9.73. The highest BCUT2D eigenvalue weighted by Gasteiger charge is 2.44. The first-order valence-corrected chi connectivity index (χ1v) is 13.2. The highest BCUT2D eigenvalue weighted by atomic mass is 16.5. The van der Waals surface area contributed by atoms with Gasteiger partial charge in [-0.25, -0.2) is 0 Å². The molecule has 4 atom stereocenters. The summed E-state index contributed by atoms with van der Waals surface area (Å²) in [4.78, 5) is 14.3. The number of carbonyl (C=O) groups excluding carboxylic acids is 1. The number of hydrogen-bond acceptors (Lipinski definition) is 5. The van der Waals surface area contributed by atoms with Crippen molar-refractivity contribution in [2.45, 2.75) is 83.5 Å². The maximum atomic E-state index is 11.9. The van der Waals surface area contributed by atoms with E-state index in [9.17, 15) is 9.90 Å². The Kier molecular flexibility index (Phi) is 7.14. The molecule has 0 amide bonds. The molecule has 2 aliphatic heterocycles. The summed E-state index contributed by atoms with van der Waals surface area (Å²) < 4.78 is 12.1. The average Bonchev–Trinajstić information content (AvgIpc) is 2.84. The van der Waals surface area contributed by atoms with E-state index in [0.29, 0.717) is 18.7 Å². The SMILES string of the molecule is CC(=O)OC1=C2C3C=C(O[C@H](C)CCCc4ccccc4)C=CC3=C3CCCC[C@@H]3N2C[C@H](O)C1. The molecule has 0 saturated heterocycles. The summed E-state index contributed by atoms with van der Waals surface area (Å²) in [5.74, 6) is 1.16. The summed E-state index contributed by atoms with van der Waals surface area (Å²) in [6, 6.07) is 10.9. The Balaban J connectivity index is 1.38. The zero-order valence-electron chi connectivity index (χ0n) is 20.9. The van der Waals surface area contributed by atoms with Crippen LogP contribution in [0.3, 0.4) is 0 Å². The van der Waals surface area contributed by atoms with Crippen molar-refractivity contribution in [2.75, 3.05) is 6.54 Å². The summed E-state index contributed by atoms with van der Waals surface area (Å²) in [5, 5.41) is 10.6. The first-order chi connectivity index (χ1) is 17.0. The highest BCUT2D eigenvalue weighted by Crippen LogP contribution is 2.48. The van der Waals surface area contributed by atoms with Crippen molar-refractivity contribution in [2.24, 2.45) is 5.92 Å². The molecule has 5 nitrogen and oxygen atoms in total. The topological polar surface area (TPSA) is 59.0 Å². The molecule has 1 N–H and O–H groups in total. The minimum atomic E-state index is -0.527. The Morgan fingerprint density at radius 2 is 2.03 bits per heavy atom. The number of aryl methyl sites for hydroxylation is 1. The van der Waals surface area contributed by atoms with Gasteiger partial charge in [-0.1, -0.05) is 42.8 Å². The Hall–Kier alpha value is -2.79. The second-order valence-corrected chi connectivity index (χ2v) is 10.3. The zero-order chi connectivity index (χ0) is 24.4. The summed E-state index contributed by atoms with van der Waals surface area (Å²) in [6.07, 6.45) is 14.2. The fourth-order valence-electron chi connectivity index (χ4n) is 6.18. The first-order valence-electron chi connectivity index (χ1n) is 13.2. The Morgan fingerprint density at radius 1 is 1.20 bits per heavy atom. The van der Waals surface area contributed by atoms with Crippen LogP contribution in [-0.4, -0.2) is 40.8 Å². The standard InChI is InChI=1S/C30H37NO4/c1-20(9-8-12-22-10-4-3-5-11-22)34-24-15-16-25-26-13-6-7-14-28(26)31-19-23(33)17-29(35-21(2)32)30(31)27(25)18-24/h3-5,10-11,15-16,18,20,23,27-28,33H,6-9,12-14,17,19H2,1-2H3/t20-,23-,27?,28+/m1/s1. The van der Waals surface area contributed by atoms with E-state index in [4.69, 9.17) is 9.47 Å². The minimum Gasteiger partial charge on any atom is -0.491 e. The number of benzene rings is 1. The Labute approximate surface area is 208 Å². The molecule has 1 unspecified atom stereocenters. The minimum absolute atomic E-state index is 0.00211. The van der Waals surface area contributed by atoms with Crippen LogP contribution >= 0.6 is 0 Å². The summed E-state index contributed by atoms with van der Waals surface area (Å²) in [5.41, 5.74) is 5.20. The van der Waals surface area contributed by atoms with E-state index in [1.807, 2.05) is 0 Å². The molecule has 1 fully saturated rings. The number of carbonyl (C=O) groups is 1. The Morgan fingerprint density at radius 3 is 2.83 bits per heavy atom. The largest absolute Gasteiger partial charge is 0.491 e. The Bertz CT molecular complexity index is 1070. The van der Waals surface area contributed by atoms with Crippen molar-refractivity contribution in [1.29, 1.82) is 0 Å². The van der Waals surface area contributed by atoms with Gasteiger partial charge in [0.05, 0.1) is 23.9 Å². The number of ether oxygens (including phenoxy) is 2.